The number of aromatic nitrogens is 1. The van der Waals surface area contributed by atoms with Crippen molar-refractivity contribution in [1.82, 2.24) is 19.7 Å². The topological polar surface area (TPSA) is 56.8 Å². The van der Waals surface area contributed by atoms with Crippen molar-refractivity contribution in [1.29, 1.82) is 0 Å². The lowest BCUT2D eigenvalue weighted by Gasteiger charge is -2.35. The van der Waals surface area contributed by atoms with Crippen LogP contribution in [-0.2, 0) is 0 Å². The zero-order chi connectivity index (χ0) is 14.0. The van der Waals surface area contributed by atoms with Crippen molar-refractivity contribution in [2.75, 3.05) is 40.3 Å². The fourth-order valence-corrected chi connectivity index (χ4v) is 2.59. The highest BCUT2D eigenvalue weighted by Crippen LogP contribution is 2.12. The van der Waals surface area contributed by atoms with E-state index in [1.165, 1.54) is 11.3 Å². The molecule has 1 fully saturated rings. The lowest BCUT2D eigenvalue weighted by Crippen LogP contribution is -2.52. The van der Waals surface area contributed by atoms with Crippen LogP contribution in [0.5, 0.6) is 0 Å². The number of nitrogens with zero attached hydrogens (tertiary/aromatic N) is 4. The molecule has 1 aliphatic rings. The maximum absolute atomic E-state index is 12.2. The van der Waals surface area contributed by atoms with E-state index in [2.05, 4.69) is 4.98 Å². The average molecular weight is 282 g/mol. The summed E-state index contributed by atoms with van der Waals surface area (Å²) in [5.41, 5.74) is 0.509. The molecule has 0 spiro atoms. The van der Waals surface area contributed by atoms with Crippen LogP contribution >= 0.6 is 11.3 Å². The predicted molar refractivity (Wildman–Crippen MR) is 73.4 cm³/mol. The normalized spacial score (nSPS) is 15.5. The second kappa shape index (κ2) is 5.56. The van der Waals surface area contributed by atoms with E-state index in [1.54, 1.807) is 34.2 Å². The summed E-state index contributed by atoms with van der Waals surface area (Å²) in [4.78, 5) is 33.2. The highest BCUT2D eigenvalue weighted by molar-refractivity contribution is 7.09. The summed E-state index contributed by atoms with van der Waals surface area (Å²) in [7, 11) is 3.47. The van der Waals surface area contributed by atoms with Crippen LogP contribution in [0.2, 0.25) is 0 Å². The Labute approximate surface area is 116 Å². The van der Waals surface area contributed by atoms with Crippen molar-refractivity contribution < 1.29 is 9.59 Å². The maximum Gasteiger partial charge on any atom is 0.319 e. The number of rotatable bonds is 1. The van der Waals surface area contributed by atoms with Crippen molar-refractivity contribution in [3.8, 4) is 0 Å². The van der Waals surface area contributed by atoms with Gasteiger partial charge in [0.15, 0.2) is 0 Å². The molecule has 2 heterocycles. The van der Waals surface area contributed by atoms with Gasteiger partial charge in [0.25, 0.3) is 5.91 Å². The third-order valence-corrected chi connectivity index (χ3v) is 3.83. The van der Waals surface area contributed by atoms with E-state index in [-0.39, 0.29) is 11.9 Å². The zero-order valence-electron chi connectivity index (χ0n) is 11.4. The van der Waals surface area contributed by atoms with Crippen LogP contribution in [-0.4, -0.2) is 71.9 Å². The van der Waals surface area contributed by atoms with Crippen molar-refractivity contribution in [3.05, 3.63) is 16.1 Å². The zero-order valence-corrected chi connectivity index (χ0v) is 12.2. The van der Waals surface area contributed by atoms with E-state index in [4.69, 9.17) is 0 Å². The first-order chi connectivity index (χ1) is 8.99. The lowest BCUT2D eigenvalue weighted by molar-refractivity contribution is 0.0645. The Morgan fingerprint density at radius 2 is 1.79 bits per heavy atom. The van der Waals surface area contributed by atoms with Gasteiger partial charge in [-0.05, 0) is 6.92 Å². The number of amides is 3. The summed E-state index contributed by atoms with van der Waals surface area (Å²) < 4.78 is 0. The first-order valence-electron chi connectivity index (χ1n) is 6.16. The Morgan fingerprint density at radius 3 is 2.26 bits per heavy atom. The molecule has 19 heavy (non-hydrogen) atoms. The number of carbonyl (C=O) groups excluding carboxylic acids is 2. The molecule has 0 saturated carbocycles. The van der Waals surface area contributed by atoms with E-state index in [0.717, 1.165) is 5.01 Å². The molecule has 0 aliphatic carbocycles. The maximum atomic E-state index is 12.2. The Bertz CT molecular complexity index is 478. The molecular formula is C12H18N4O2S. The molecule has 1 aliphatic heterocycles. The second-order valence-electron chi connectivity index (χ2n) is 4.71. The molecule has 0 unspecified atom stereocenters. The summed E-state index contributed by atoms with van der Waals surface area (Å²) in [6.07, 6.45) is 0. The molecule has 1 saturated heterocycles. The molecule has 1 aromatic rings. The summed E-state index contributed by atoms with van der Waals surface area (Å²) in [6.45, 7) is 4.16. The van der Waals surface area contributed by atoms with Gasteiger partial charge in [-0.1, -0.05) is 0 Å². The Morgan fingerprint density at radius 1 is 1.21 bits per heavy atom. The van der Waals surface area contributed by atoms with Gasteiger partial charge in [0.1, 0.15) is 5.69 Å². The van der Waals surface area contributed by atoms with Gasteiger partial charge in [-0.3, -0.25) is 4.79 Å². The van der Waals surface area contributed by atoms with Crippen LogP contribution in [0, 0.1) is 6.92 Å². The molecule has 0 atom stereocenters. The monoisotopic (exact) mass is 282 g/mol. The molecule has 3 amide bonds. The van der Waals surface area contributed by atoms with E-state index in [0.29, 0.717) is 31.9 Å². The minimum Gasteiger partial charge on any atom is -0.334 e. The summed E-state index contributed by atoms with van der Waals surface area (Å²) in [5, 5.41) is 2.68. The minimum atomic E-state index is -0.0405. The lowest BCUT2D eigenvalue weighted by atomic mass is 10.3. The first-order valence-corrected chi connectivity index (χ1v) is 7.04. The van der Waals surface area contributed by atoms with Gasteiger partial charge < -0.3 is 14.7 Å². The van der Waals surface area contributed by atoms with Gasteiger partial charge >= 0.3 is 6.03 Å². The van der Waals surface area contributed by atoms with Crippen LogP contribution in [0.4, 0.5) is 4.79 Å². The quantitative estimate of drug-likeness (QED) is 0.768. The number of piperazine rings is 1. The number of hydrogen-bond donors (Lipinski definition) is 0. The van der Waals surface area contributed by atoms with E-state index in [9.17, 15) is 9.59 Å². The van der Waals surface area contributed by atoms with Gasteiger partial charge in [-0.2, -0.15) is 0 Å². The minimum absolute atomic E-state index is 0.00315. The molecule has 0 radical (unpaired) electrons. The number of carbonyl (C=O) groups is 2. The molecule has 1 aromatic heterocycles. The van der Waals surface area contributed by atoms with E-state index in [1.807, 2.05) is 6.92 Å². The molecule has 0 aromatic carbocycles. The van der Waals surface area contributed by atoms with Crippen LogP contribution in [0.3, 0.4) is 0 Å². The standard InChI is InChI=1S/C12H18N4O2S/c1-9-13-10(8-19-9)11(17)15-4-6-16(7-5-15)12(18)14(2)3/h8H,4-7H2,1-3H3. The van der Waals surface area contributed by atoms with Gasteiger partial charge in [-0.15, -0.1) is 11.3 Å². The van der Waals surface area contributed by atoms with Crippen LogP contribution in [0.25, 0.3) is 0 Å². The fourth-order valence-electron chi connectivity index (χ4n) is 2.01. The molecule has 0 N–H and O–H groups in total. The van der Waals surface area contributed by atoms with Gasteiger partial charge in [-0.25, -0.2) is 9.78 Å². The first kappa shape index (κ1) is 13.8. The van der Waals surface area contributed by atoms with Crippen molar-refractivity contribution >= 4 is 23.3 Å². The second-order valence-corrected chi connectivity index (χ2v) is 5.77. The molecular weight excluding hydrogens is 264 g/mol. The Kier molecular flexibility index (Phi) is 4.04. The fraction of sp³-hybridized carbons (Fsp3) is 0.583. The van der Waals surface area contributed by atoms with E-state index < -0.39 is 0 Å². The predicted octanol–water partition coefficient (Wildman–Crippen LogP) is 0.891. The molecule has 0 bridgehead atoms. The third-order valence-electron chi connectivity index (χ3n) is 3.06. The molecule has 7 heteroatoms. The van der Waals surface area contributed by atoms with Crippen molar-refractivity contribution in [3.63, 3.8) is 0 Å². The van der Waals surface area contributed by atoms with Gasteiger partial charge in [0, 0.05) is 45.7 Å². The third kappa shape index (κ3) is 3.04. The molecule has 6 nitrogen and oxygen atoms in total. The summed E-state index contributed by atoms with van der Waals surface area (Å²) in [5.74, 6) is -0.0405. The van der Waals surface area contributed by atoms with Crippen molar-refractivity contribution in [2.45, 2.75) is 6.92 Å². The molecule has 104 valence electrons. The summed E-state index contributed by atoms with van der Waals surface area (Å²) in [6, 6.07) is -0.00315. The smallest absolute Gasteiger partial charge is 0.319 e. The number of urea groups is 1. The Balaban J connectivity index is 1.93. The highest BCUT2D eigenvalue weighted by atomic mass is 32.1. The van der Waals surface area contributed by atoms with Gasteiger partial charge in [0.05, 0.1) is 5.01 Å². The van der Waals surface area contributed by atoms with Crippen molar-refractivity contribution in [2.24, 2.45) is 0 Å². The van der Waals surface area contributed by atoms with Gasteiger partial charge in [0.2, 0.25) is 0 Å². The van der Waals surface area contributed by atoms with Crippen LogP contribution in [0.1, 0.15) is 15.5 Å². The van der Waals surface area contributed by atoms with Crippen LogP contribution in [0.15, 0.2) is 5.38 Å². The summed E-state index contributed by atoms with van der Waals surface area (Å²) >= 11 is 1.48. The molecule has 2 rings (SSSR count). The number of aryl methyl sites for hydroxylation is 1. The Hall–Kier alpha value is -1.63. The largest absolute Gasteiger partial charge is 0.334 e. The van der Waals surface area contributed by atoms with Crippen LogP contribution < -0.4 is 0 Å². The highest BCUT2D eigenvalue weighted by Gasteiger charge is 2.26. The van der Waals surface area contributed by atoms with E-state index >= 15 is 0 Å². The number of thiazole rings is 1. The average Bonchev–Trinajstić information content (AvgIpc) is 2.84. The number of hydrogen-bond acceptors (Lipinski definition) is 4. The SMILES string of the molecule is Cc1nc(C(=O)N2CCN(C(=O)N(C)C)CC2)cs1.